The van der Waals surface area contributed by atoms with Crippen molar-refractivity contribution < 1.29 is 8.60 Å². The van der Waals surface area contributed by atoms with Crippen molar-refractivity contribution in [3.8, 4) is 0 Å². The highest BCUT2D eigenvalue weighted by Gasteiger charge is 2.14. The molecule has 0 amide bonds. The third kappa shape index (κ3) is 2.62. The van der Waals surface area contributed by atoms with Gasteiger partial charge in [0.05, 0.1) is 16.0 Å². The average molecular weight is 215 g/mol. The summed E-state index contributed by atoms with van der Waals surface area (Å²) in [7, 11) is -1.12. The van der Waals surface area contributed by atoms with Gasteiger partial charge in [-0.05, 0) is 30.7 Å². The Morgan fingerprint density at radius 3 is 2.43 bits per heavy atom. The van der Waals surface area contributed by atoms with E-state index in [1.165, 1.54) is 12.1 Å². The van der Waals surface area contributed by atoms with Crippen LogP contribution in [-0.2, 0) is 10.8 Å². The third-order valence-corrected chi connectivity index (χ3v) is 3.93. The normalized spacial score (nSPS) is 15.1. The van der Waals surface area contributed by atoms with Gasteiger partial charge in [0.25, 0.3) is 0 Å². The molecule has 0 radical (unpaired) electrons. The summed E-state index contributed by atoms with van der Waals surface area (Å²) in [6, 6.07) is 5.72. The highest BCUT2D eigenvalue weighted by Crippen LogP contribution is 2.13. The second kappa shape index (κ2) is 5.22. The lowest BCUT2D eigenvalue weighted by Gasteiger charge is -2.11. The molecule has 0 fully saturated rings. The summed E-state index contributed by atoms with van der Waals surface area (Å²) < 4.78 is 24.4. The second-order valence-corrected chi connectivity index (χ2v) is 4.75. The molecule has 0 aliphatic carbocycles. The minimum atomic E-state index is -1.12. The second-order valence-electron chi connectivity index (χ2n) is 3.02. The van der Waals surface area contributed by atoms with Gasteiger partial charge in [0.2, 0.25) is 0 Å². The molecule has 1 aromatic rings. The molecular formula is C10H14FNOS. The Kier molecular flexibility index (Phi) is 4.22. The van der Waals surface area contributed by atoms with E-state index in [-0.39, 0.29) is 11.1 Å². The van der Waals surface area contributed by atoms with Crippen molar-refractivity contribution in [1.82, 2.24) is 0 Å². The first-order chi connectivity index (χ1) is 6.69. The maximum atomic E-state index is 12.6. The number of halogens is 1. The first kappa shape index (κ1) is 11.3. The van der Waals surface area contributed by atoms with Crippen molar-refractivity contribution in [3.63, 3.8) is 0 Å². The lowest BCUT2D eigenvalue weighted by molar-refractivity contribution is 0.625. The van der Waals surface area contributed by atoms with E-state index in [1.807, 2.05) is 6.92 Å². The van der Waals surface area contributed by atoms with Gasteiger partial charge in [-0.2, -0.15) is 0 Å². The number of hydrogen-bond acceptors (Lipinski definition) is 2. The van der Waals surface area contributed by atoms with Crippen LogP contribution >= 0.6 is 0 Å². The molecule has 14 heavy (non-hydrogen) atoms. The molecule has 2 nitrogen and oxygen atoms in total. The van der Waals surface area contributed by atoms with Gasteiger partial charge in [0.15, 0.2) is 0 Å². The van der Waals surface area contributed by atoms with Gasteiger partial charge >= 0.3 is 0 Å². The number of benzene rings is 1. The van der Waals surface area contributed by atoms with Gasteiger partial charge in [0.1, 0.15) is 5.82 Å². The smallest absolute Gasteiger partial charge is 0.123 e. The Morgan fingerprint density at radius 2 is 2.00 bits per heavy atom. The molecule has 4 heteroatoms. The molecule has 0 saturated heterocycles. The summed E-state index contributed by atoms with van der Waals surface area (Å²) in [4.78, 5) is 0.642. The number of hydrogen-bond donors (Lipinski definition) is 1. The van der Waals surface area contributed by atoms with Crippen molar-refractivity contribution in [2.45, 2.75) is 23.5 Å². The number of rotatable bonds is 4. The zero-order chi connectivity index (χ0) is 10.6. The van der Waals surface area contributed by atoms with E-state index in [4.69, 9.17) is 5.73 Å². The third-order valence-electron chi connectivity index (χ3n) is 2.07. The molecular weight excluding hydrogens is 201 g/mol. The number of nitrogens with two attached hydrogens (primary N) is 1. The first-order valence-electron chi connectivity index (χ1n) is 4.55. The Hall–Kier alpha value is -0.740. The van der Waals surface area contributed by atoms with Gasteiger partial charge in [-0.1, -0.05) is 6.92 Å². The van der Waals surface area contributed by atoms with Crippen molar-refractivity contribution in [2.75, 3.05) is 6.54 Å². The molecule has 0 aliphatic rings. The van der Waals surface area contributed by atoms with Crippen molar-refractivity contribution in [2.24, 2.45) is 5.73 Å². The highest BCUT2D eigenvalue weighted by atomic mass is 32.2. The van der Waals surface area contributed by atoms with E-state index in [1.54, 1.807) is 12.1 Å². The van der Waals surface area contributed by atoms with Crippen molar-refractivity contribution >= 4 is 10.8 Å². The van der Waals surface area contributed by atoms with Gasteiger partial charge in [-0.25, -0.2) is 4.39 Å². The fraction of sp³-hybridized carbons (Fsp3) is 0.400. The topological polar surface area (TPSA) is 43.1 Å². The van der Waals surface area contributed by atoms with E-state index in [0.29, 0.717) is 11.4 Å². The van der Waals surface area contributed by atoms with Crippen LogP contribution in [0.25, 0.3) is 0 Å². The molecule has 0 spiro atoms. The molecule has 1 aromatic carbocycles. The van der Waals surface area contributed by atoms with Crippen LogP contribution in [-0.4, -0.2) is 16.0 Å². The molecule has 1 rings (SSSR count). The fourth-order valence-corrected chi connectivity index (χ4v) is 2.43. The molecule has 78 valence electrons. The predicted molar refractivity (Wildman–Crippen MR) is 55.9 cm³/mol. The molecule has 0 heterocycles. The minimum Gasteiger partial charge on any atom is -0.329 e. The van der Waals surface area contributed by atoms with E-state index < -0.39 is 10.8 Å². The maximum absolute atomic E-state index is 12.6. The summed E-state index contributed by atoms with van der Waals surface area (Å²) in [6.07, 6.45) is 0.764. The van der Waals surface area contributed by atoms with E-state index >= 15 is 0 Å². The van der Waals surface area contributed by atoms with Crippen LogP contribution in [0.5, 0.6) is 0 Å². The Labute approximate surface area is 85.8 Å². The first-order valence-corrected chi connectivity index (χ1v) is 5.76. The summed E-state index contributed by atoms with van der Waals surface area (Å²) in [5.74, 6) is -0.313. The summed E-state index contributed by atoms with van der Waals surface area (Å²) in [5.41, 5.74) is 5.48. The van der Waals surface area contributed by atoms with Gasteiger partial charge in [0, 0.05) is 11.4 Å². The Morgan fingerprint density at radius 1 is 1.43 bits per heavy atom. The van der Waals surface area contributed by atoms with Crippen LogP contribution in [0.3, 0.4) is 0 Å². The standard InChI is InChI=1S/C10H14FNOS/c1-2-9(7-12)14(13)10-5-3-8(11)4-6-10/h3-6,9H,2,7,12H2,1H3. The Balaban J connectivity index is 2.83. The van der Waals surface area contributed by atoms with E-state index in [2.05, 4.69) is 0 Å². The summed E-state index contributed by atoms with van der Waals surface area (Å²) >= 11 is 0. The van der Waals surface area contributed by atoms with Crippen LogP contribution in [0.15, 0.2) is 29.2 Å². The van der Waals surface area contributed by atoms with Gasteiger partial charge < -0.3 is 5.73 Å². The predicted octanol–water partition coefficient (Wildman–Crippen LogP) is 1.67. The highest BCUT2D eigenvalue weighted by molar-refractivity contribution is 7.85. The summed E-state index contributed by atoms with van der Waals surface area (Å²) in [5, 5.41) is -0.0412. The molecule has 0 saturated carbocycles. The van der Waals surface area contributed by atoms with E-state index in [0.717, 1.165) is 6.42 Å². The lowest BCUT2D eigenvalue weighted by Crippen LogP contribution is -2.24. The molecule has 2 unspecified atom stereocenters. The largest absolute Gasteiger partial charge is 0.329 e. The zero-order valence-electron chi connectivity index (χ0n) is 8.07. The summed E-state index contributed by atoms with van der Waals surface area (Å²) in [6.45, 7) is 2.33. The SMILES string of the molecule is CCC(CN)S(=O)c1ccc(F)cc1. The van der Waals surface area contributed by atoms with Crippen molar-refractivity contribution in [3.05, 3.63) is 30.1 Å². The maximum Gasteiger partial charge on any atom is 0.123 e. The van der Waals surface area contributed by atoms with Crippen molar-refractivity contribution in [1.29, 1.82) is 0 Å². The molecule has 2 atom stereocenters. The lowest BCUT2D eigenvalue weighted by atomic mass is 10.3. The van der Waals surface area contributed by atoms with Crippen LogP contribution < -0.4 is 5.73 Å². The zero-order valence-corrected chi connectivity index (χ0v) is 8.89. The molecule has 0 aliphatic heterocycles. The fourth-order valence-electron chi connectivity index (χ4n) is 1.17. The van der Waals surface area contributed by atoms with Crippen LogP contribution in [0.1, 0.15) is 13.3 Å². The van der Waals surface area contributed by atoms with Gasteiger partial charge in [-0.3, -0.25) is 4.21 Å². The quantitative estimate of drug-likeness (QED) is 0.830. The van der Waals surface area contributed by atoms with Gasteiger partial charge in [-0.15, -0.1) is 0 Å². The monoisotopic (exact) mass is 215 g/mol. The van der Waals surface area contributed by atoms with E-state index in [9.17, 15) is 8.60 Å². The molecule has 2 N–H and O–H groups in total. The van der Waals surface area contributed by atoms with Crippen LogP contribution in [0.2, 0.25) is 0 Å². The minimum absolute atomic E-state index is 0.0412. The van der Waals surface area contributed by atoms with Crippen LogP contribution in [0, 0.1) is 5.82 Å². The van der Waals surface area contributed by atoms with Crippen LogP contribution in [0.4, 0.5) is 4.39 Å². The Bertz CT molecular complexity index is 308. The molecule has 0 bridgehead atoms. The average Bonchev–Trinajstić information content (AvgIpc) is 2.20. The molecule has 0 aromatic heterocycles.